The molecule has 326 valence electrons. The van der Waals surface area contributed by atoms with Gasteiger partial charge in [-0.3, -0.25) is 0 Å². The van der Waals surface area contributed by atoms with E-state index in [-0.39, 0.29) is 0 Å². The van der Waals surface area contributed by atoms with Crippen molar-refractivity contribution < 1.29 is 0 Å². The van der Waals surface area contributed by atoms with Crippen LogP contribution in [-0.2, 0) is 11.8 Å². The van der Waals surface area contributed by atoms with Crippen LogP contribution in [0.1, 0.15) is 39.9 Å². The number of benzene rings is 10. The molecule has 0 radical (unpaired) electrons. The van der Waals surface area contributed by atoms with E-state index in [4.69, 9.17) is 0 Å². The van der Waals surface area contributed by atoms with Crippen molar-refractivity contribution in [3.63, 3.8) is 0 Å². The molecule has 11 aromatic rings. The summed E-state index contributed by atoms with van der Waals surface area (Å²) in [6.45, 7) is 0. The molecule has 0 saturated carbocycles. The van der Waals surface area contributed by atoms with Gasteiger partial charge in [-0.2, -0.15) is 0 Å². The Morgan fingerprint density at radius 2 is 0.913 bits per heavy atom. The molecule has 69 heavy (non-hydrogen) atoms. The number of allylic oxidation sites excluding steroid dienone is 1. The maximum atomic E-state index is 2.50. The number of anilines is 3. The number of hydrogen-bond acceptors (Lipinski definition) is 1. The van der Waals surface area contributed by atoms with Crippen molar-refractivity contribution >= 4 is 34.0 Å². The third-order valence-corrected chi connectivity index (χ3v) is 14.5. The molecule has 0 unspecified atom stereocenters. The minimum atomic E-state index is -0.609. The first kappa shape index (κ1) is 40.5. The van der Waals surface area contributed by atoms with Gasteiger partial charge in [0, 0.05) is 39.3 Å². The average molecular weight is 881 g/mol. The number of rotatable bonds is 9. The van der Waals surface area contributed by atoms with E-state index >= 15 is 0 Å². The number of hydrogen-bond donors (Lipinski definition) is 0. The SMILES string of the molecule is C1=Cc2c(n(-c3ccccc3)c3ccc(-c4ccc5c(c4)C(c4ccccc4)(c4ccccc4)c4cccc(N(c6ccc(-c7ccccc7)cc6)c6ccc(-c7ccccc7)cc6)c4-5)cc23)CC1. The number of fused-ring (bicyclic) bond motifs is 6. The molecule has 0 saturated heterocycles. The molecule has 13 rings (SSSR count). The Hall–Kier alpha value is -8.72. The fourth-order valence-electron chi connectivity index (χ4n) is 11.5. The van der Waals surface area contributed by atoms with Crippen molar-refractivity contribution in [2.24, 2.45) is 0 Å². The Balaban J connectivity index is 1.04. The Morgan fingerprint density at radius 1 is 0.406 bits per heavy atom. The van der Waals surface area contributed by atoms with E-state index in [0.29, 0.717) is 0 Å². The summed E-state index contributed by atoms with van der Waals surface area (Å²) in [7, 11) is 0. The number of nitrogens with zero attached hydrogens (tertiary/aromatic N) is 2. The van der Waals surface area contributed by atoms with Crippen molar-refractivity contribution in [2.45, 2.75) is 18.3 Å². The van der Waals surface area contributed by atoms with Crippen LogP contribution in [0.3, 0.4) is 0 Å². The predicted molar refractivity (Wildman–Crippen MR) is 289 cm³/mol. The van der Waals surface area contributed by atoms with E-state index in [1.807, 2.05) is 0 Å². The molecule has 0 aliphatic heterocycles. The third kappa shape index (κ3) is 6.71. The number of aromatic nitrogens is 1. The Kier molecular flexibility index (Phi) is 9.91. The summed E-state index contributed by atoms with van der Waals surface area (Å²) >= 11 is 0. The van der Waals surface area contributed by atoms with Crippen LogP contribution in [0.25, 0.3) is 67.2 Å². The van der Waals surface area contributed by atoms with Gasteiger partial charge in [-0.25, -0.2) is 0 Å². The highest BCUT2D eigenvalue weighted by molar-refractivity contribution is 6.00. The summed E-state index contributed by atoms with van der Waals surface area (Å²) in [4.78, 5) is 2.47. The maximum Gasteiger partial charge on any atom is 0.0714 e. The molecule has 2 aliphatic carbocycles. The van der Waals surface area contributed by atoms with Crippen LogP contribution in [0.2, 0.25) is 0 Å². The summed E-state index contributed by atoms with van der Waals surface area (Å²) in [6, 6.07) is 94.0. The quantitative estimate of drug-likeness (QED) is 0.140. The van der Waals surface area contributed by atoms with Gasteiger partial charge in [-0.1, -0.05) is 206 Å². The van der Waals surface area contributed by atoms with Gasteiger partial charge < -0.3 is 9.47 Å². The van der Waals surface area contributed by atoms with Crippen LogP contribution in [0.15, 0.2) is 261 Å². The molecule has 2 heteroatoms. The van der Waals surface area contributed by atoms with Crippen LogP contribution < -0.4 is 4.90 Å². The van der Waals surface area contributed by atoms with Gasteiger partial charge in [0.2, 0.25) is 0 Å². The van der Waals surface area contributed by atoms with Gasteiger partial charge in [-0.05, 0) is 135 Å². The highest BCUT2D eigenvalue weighted by Crippen LogP contribution is 2.60. The minimum Gasteiger partial charge on any atom is -0.313 e. The fraction of sp³-hybridized carbons (Fsp3) is 0.0448. The normalized spacial score (nSPS) is 13.2. The zero-order valence-corrected chi connectivity index (χ0v) is 38.2. The summed E-state index contributed by atoms with van der Waals surface area (Å²) in [5, 5.41) is 1.29. The van der Waals surface area contributed by atoms with Gasteiger partial charge in [0.1, 0.15) is 0 Å². The first-order valence-electron chi connectivity index (χ1n) is 24.1. The van der Waals surface area contributed by atoms with E-state index in [2.05, 4.69) is 276 Å². The molecule has 2 aliphatic rings. The zero-order valence-electron chi connectivity index (χ0n) is 38.2. The lowest BCUT2D eigenvalue weighted by atomic mass is 9.67. The molecule has 1 heterocycles. The molecule has 0 spiro atoms. The molecule has 2 nitrogen and oxygen atoms in total. The smallest absolute Gasteiger partial charge is 0.0714 e. The molecular formula is C67H48N2. The zero-order chi connectivity index (χ0) is 45.7. The van der Waals surface area contributed by atoms with Gasteiger partial charge in [0.25, 0.3) is 0 Å². The van der Waals surface area contributed by atoms with E-state index in [1.54, 1.807) is 0 Å². The molecule has 1 aromatic heterocycles. The van der Waals surface area contributed by atoms with E-state index < -0.39 is 5.41 Å². The van der Waals surface area contributed by atoms with E-state index in [1.165, 1.54) is 94.6 Å². The highest BCUT2D eigenvalue weighted by atomic mass is 15.1. The van der Waals surface area contributed by atoms with Crippen LogP contribution in [-0.4, -0.2) is 4.57 Å². The first-order valence-corrected chi connectivity index (χ1v) is 24.1. The maximum absolute atomic E-state index is 2.50. The van der Waals surface area contributed by atoms with Crippen molar-refractivity contribution in [3.8, 4) is 50.2 Å². The van der Waals surface area contributed by atoms with E-state index in [9.17, 15) is 0 Å². The summed E-state index contributed by atoms with van der Waals surface area (Å²) < 4.78 is 2.48. The van der Waals surface area contributed by atoms with Gasteiger partial charge in [-0.15, -0.1) is 0 Å². The predicted octanol–water partition coefficient (Wildman–Crippen LogP) is 17.4. The van der Waals surface area contributed by atoms with Crippen LogP contribution in [0.4, 0.5) is 17.1 Å². The summed E-state index contributed by atoms with van der Waals surface area (Å²) in [5.74, 6) is 0. The van der Waals surface area contributed by atoms with Crippen LogP contribution in [0, 0.1) is 0 Å². The monoisotopic (exact) mass is 880 g/mol. The van der Waals surface area contributed by atoms with Crippen LogP contribution in [0.5, 0.6) is 0 Å². The largest absolute Gasteiger partial charge is 0.313 e. The highest BCUT2D eigenvalue weighted by Gasteiger charge is 2.47. The summed E-state index contributed by atoms with van der Waals surface area (Å²) in [6.07, 6.45) is 6.75. The second kappa shape index (κ2) is 16.9. The second-order valence-corrected chi connectivity index (χ2v) is 18.3. The minimum absolute atomic E-state index is 0.609. The molecule has 0 fully saturated rings. The van der Waals surface area contributed by atoms with Crippen molar-refractivity contribution in [1.82, 2.24) is 4.57 Å². The van der Waals surface area contributed by atoms with Crippen molar-refractivity contribution in [2.75, 3.05) is 4.90 Å². The standard InChI is InChI=1S/C67H48N2/c1-6-19-47(20-7-1)49-33-39-56(40-34-49)68(57-41-35-50(36-42-57)48-21-8-2-9-22-48)65-32-18-30-61-66(65)59-43-37-52(46-62(59)67(61,53-23-10-3-11-24-53)54-25-12-4-13-26-54)51-38-44-64-60(45-51)58-29-16-17-31-63(58)69(64)55-27-14-5-15-28-55/h1-16,18-30,32-46H,17,31H2. The molecule has 0 N–H and O–H groups in total. The molecular weight excluding hydrogens is 833 g/mol. The second-order valence-electron chi connectivity index (χ2n) is 18.3. The van der Waals surface area contributed by atoms with Gasteiger partial charge in [0.15, 0.2) is 0 Å². The van der Waals surface area contributed by atoms with Gasteiger partial charge >= 0.3 is 0 Å². The lowest BCUT2D eigenvalue weighted by molar-refractivity contribution is 0.769. The lowest BCUT2D eigenvalue weighted by Gasteiger charge is -2.34. The Morgan fingerprint density at radius 3 is 1.51 bits per heavy atom. The molecule has 0 bridgehead atoms. The first-order chi connectivity index (χ1) is 34.2. The Bertz CT molecular complexity index is 3540. The topological polar surface area (TPSA) is 8.17 Å². The number of para-hydroxylation sites is 1. The van der Waals surface area contributed by atoms with Crippen molar-refractivity contribution in [1.29, 1.82) is 0 Å². The Labute approximate surface area is 404 Å². The van der Waals surface area contributed by atoms with E-state index in [0.717, 1.165) is 29.9 Å². The van der Waals surface area contributed by atoms with Crippen molar-refractivity contribution in [3.05, 3.63) is 294 Å². The summed E-state index contributed by atoms with van der Waals surface area (Å²) in [5.41, 5.74) is 22.6. The fourth-order valence-corrected chi connectivity index (χ4v) is 11.5. The third-order valence-electron chi connectivity index (χ3n) is 14.5. The molecule has 0 atom stereocenters. The lowest BCUT2D eigenvalue weighted by Crippen LogP contribution is -2.28. The molecule has 10 aromatic carbocycles. The van der Waals surface area contributed by atoms with Crippen LogP contribution >= 0.6 is 0 Å². The average Bonchev–Trinajstić information content (AvgIpc) is 3.93. The molecule has 0 amide bonds. The van der Waals surface area contributed by atoms with Gasteiger partial charge in [0.05, 0.1) is 16.6 Å².